The second-order valence-corrected chi connectivity index (χ2v) is 12.5. The molecule has 0 spiro atoms. The average Bonchev–Trinajstić information content (AvgIpc) is 3.34. The fraction of sp³-hybridized carbons (Fsp3) is 0.233. The first-order chi connectivity index (χ1) is 20.2. The number of ether oxygens (including phenoxy) is 2. The van der Waals surface area contributed by atoms with Gasteiger partial charge in [-0.2, -0.15) is 4.98 Å². The molecule has 1 N–H and O–H groups in total. The number of nitrogens with zero attached hydrogens (tertiary/aromatic N) is 3. The highest BCUT2D eigenvalue weighted by Crippen LogP contribution is 2.44. The molecule has 3 aromatic carbocycles. The van der Waals surface area contributed by atoms with E-state index >= 15 is 0 Å². The van der Waals surface area contributed by atoms with Crippen molar-refractivity contribution in [2.24, 2.45) is 0 Å². The molecule has 0 saturated carbocycles. The van der Waals surface area contributed by atoms with Crippen LogP contribution >= 0.6 is 62.5 Å². The molecule has 1 aliphatic heterocycles. The number of nitrogens with one attached hydrogen (secondary N) is 1. The van der Waals surface area contributed by atoms with Gasteiger partial charge < -0.3 is 14.8 Å². The van der Waals surface area contributed by atoms with Crippen LogP contribution in [-0.2, 0) is 17.2 Å². The number of rotatable bonds is 10. The molecule has 42 heavy (non-hydrogen) atoms. The van der Waals surface area contributed by atoms with E-state index in [0.717, 1.165) is 16.7 Å². The minimum atomic E-state index is -0.545. The van der Waals surface area contributed by atoms with E-state index in [1.165, 1.54) is 11.8 Å². The normalized spacial score (nSPS) is 14.4. The Hall–Kier alpha value is -2.69. The second kappa shape index (κ2) is 13.3. The smallest absolute Gasteiger partial charge is 0.227 e. The SMILES string of the molecule is CCOc1cc(C2C(C(C)=O)=C(C)Nc3nc(SCc4ccccc4Cl)nn32)cc(Br)c1OCc1ccc(Cl)cc1Cl. The lowest BCUT2D eigenvalue weighted by atomic mass is 9.93. The summed E-state index contributed by atoms with van der Waals surface area (Å²) >= 11 is 23.9. The third-order valence-electron chi connectivity index (χ3n) is 6.56. The van der Waals surface area contributed by atoms with E-state index in [4.69, 9.17) is 54.4 Å². The zero-order valence-electron chi connectivity index (χ0n) is 22.9. The molecule has 0 bridgehead atoms. The highest BCUT2D eigenvalue weighted by atomic mass is 79.9. The number of fused-ring (bicyclic) bond motifs is 1. The molecule has 7 nitrogen and oxygen atoms in total. The average molecular weight is 709 g/mol. The van der Waals surface area contributed by atoms with Crippen LogP contribution < -0.4 is 14.8 Å². The lowest BCUT2D eigenvalue weighted by Crippen LogP contribution is -2.28. The van der Waals surface area contributed by atoms with Crippen molar-refractivity contribution in [3.05, 3.63) is 102 Å². The van der Waals surface area contributed by atoms with Crippen molar-refractivity contribution >= 4 is 74.2 Å². The number of aromatic nitrogens is 3. The van der Waals surface area contributed by atoms with Crippen molar-refractivity contribution in [3.63, 3.8) is 0 Å². The van der Waals surface area contributed by atoms with Crippen LogP contribution in [0.1, 0.15) is 43.5 Å². The maximum absolute atomic E-state index is 13.0. The molecule has 1 unspecified atom stereocenters. The lowest BCUT2D eigenvalue weighted by Gasteiger charge is -2.29. The van der Waals surface area contributed by atoms with Gasteiger partial charge in [0.05, 0.1) is 11.1 Å². The number of anilines is 1. The zero-order chi connectivity index (χ0) is 30.0. The van der Waals surface area contributed by atoms with E-state index in [0.29, 0.717) is 65.8 Å². The fourth-order valence-electron chi connectivity index (χ4n) is 4.65. The summed E-state index contributed by atoms with van der Waals surface area (Å²) in [6, 6.07) is 16.2. The number of thioether (sulfide) groups is 1. The summed E-state index contributed by atoms with van der Waals surface area (Å²) in [4.78, 5) is 17.7. The first kappa shape index (κ1) is 30.8. The molecule has 1 atom stereocenters. The largest absolute Gasteiger partial charge is 0.490 e. The van der Waals surface area contributed by atoms with Gasteiger partial charge in [-0.1, -0.05) is 70.8 Å². The number of carbonyl (C=O) groups excluding carboxylic acids is 1. The molecule has 12 heteroatoms. The minimum absolute atomic E-state index is 0.0804. The predicted octanol–water partition coefficient (Wildman–Crippen LogP) is 9.15. The van der Waals surface area contributed by atoms with Crippen LogP contribution in [0.25, 0.3) is 0 Å². The van der Waals surface area contributed by atoms with Crippen LogP contribution in [0.5, 0.6) is 11.5 Å². The van der Waals surface area contributed by atoms with Crippen molar-refractivity contribution in [2.45, 2.75) is 44.3 Å². The molecular weight excluding hydrogens is 683 g/mol. The summed E-state index contributed by atoms with van der Waals surface area (Å²) in [5.41, 5.74) is 3.83. The Balaban J connectivity index is 1.50. The van der Waals surface area contributed by atoms with Crippen molar-refractivity contribution in [2.75, 3.05) is 11.9 Å². The number of halogens is 4. The summed E-state index contributed by atoms with van der Waals surface area (Å²) in [6.45, 7) is 5.93. The Labute approximate surface area is 271 Å². The summed E-state index contributed by atoms with van der Waals surface area (Å²) in [6.07, 6.45) is 0. The Morgan fingerprint density at radius 3 is 2.57 bits per heavy atom. The van der Waals surface area contributed by atoms with Gasteiger partial charge in [-0.15, -0.1) is 5.10 Å². The number of hydrogen-bond donors (Lipinski definition) is 1. The van der Waals surface area contributed by atoms with Gasteiger partial charge >= 0.3 is 0 Å². The Morgan fingerprint density at radius 1 is 1.07 bits per heavy atom. The molecule has 4 aromatic rings. The van der Waals surface area contributed by atoms with Gasteiger partial charge in [0.25, 0.3) is 0 Å². The standard InChI is InChI=1S/C30H26BrCl3N4O3S/c1-4-40-25-12-20(11-22(31)28(25)41-14-18-9-10-21(32)13-24(18)34)27-26(17(3)39)16(2)35-29-36-30(37-38(27)29)42-15-19-7-5-6-8-23(19)33/h5-13,27H,4,14-15H2,1-3H3,(H,35,36,37). The first-order valence-corrected chi connectivity index (χ1v) is 15.9. The molecular formula is C30H26BrCl3N4O3S. The summed E-state index contributed by atoms with van der Waals surface area (Å²) < 4.78 is 14.6. The second-order valence-electron chi connectivity index (χ2n) is 9.45. The van der Waals surface area contributed by atoms with E-state index in [-0.39, 0.29) is 12.4 Å². The van der Waals surface area contributed by atoms with Crippen molar-refractivity contribution in [1.82, 2.24) is 14.8 Å². The van der Waals surface area contributed by atoms with Crippen molar-refractivity contribution < 1.29 is 14.3 Å². The summed E-state index contributed by atoms with van der Waals surface area (Å²) in [7, 11) is 0. The number of carbonyl (C=O) groups is 1. The lowest BCUT2D eigenvalue weighted by molar-refractivity contribution is -0.114. The maximum Gasteiger partial charge on any atom is 0.227 e. The van der Waals surface area contributed by atoms with E-state index in [1.807, 2.05) is 56.3 Å². The summed E-state index contributed by atoms with van der Waals surface area (Å²) in [5, 5.41) is 10.4. The summed E-state index contributed by atoms with van der Waals surface area (Å²) in [5.74, 6) is 2.09. The molecule has 1 aliphatic rings. The van der Waals surface area contributed by atoms with Crippen LogP contribution in [0.3, 0.4) is 0 Å². The highest BCUT2D eigenvalue weighted by Gasteiger charge is 2.34. The van der Waals surface area contributed by atoms with Crippen molar-refractivity contribution in [3.8, 4) is 11.5 Å². The van der Waals surface area contributed by atoms with Gasteiger partial charge in [-0.3, -0.25) is 4.79 Å². The van der Waals surface area contributed by atoms with Crippen LogP contribution in [0.4, 0.5) is 5.95 Å². The van der Waals surface area contributed by atoms with Crippen molar-refractivity contribution in [1.29, 1.82) is 0 Å². The van der Waals surface area contributed by atoms with Gasteiger partial charge in [0.1, 0.15) is 12.6 Å². The Morgan fingerprint density at radius 2 is 1.86 bits per heavy atom. The zero-order valence-corrected chi connectivity index (χ0v) is 27.6. The molecule has 218 valence electrons. The number of ketones is 1. The number of benzene rings is 3. The Kier molecular flexibility index (Phi) is 9.74. The van der Waals surface area contributed by atoms with Gasteiger partial charge in [-0.05, 0) is 78.2 Å². The van der Waals surface area contributed by atoms with Gasteiger partial charge in [0.2, 0.25) is 11.1 Å². The molecule has 0 fully saturated rings. The van der Waals surface area contributed by atoms with Gasteiger partial charge in [-0.25, -0.2) is 4.68 Å². The topological polar surface area (TPSA) is 78.3 Å². The van der Waals surface area contributed by atoms with Crippen LogP contribution in [0.15, 0.2) is 75.5 Å². The van der Waals surface area contributed by atoms with Crippen LogP contribution in [0.2, 0.25) is 15.1 Å². The third-order valence-corrected chi connectivity index (χ3v) is 8.99. The molecule has 0 radical (unpaired) electrons. The third kappa shape index (κ3) is 6.60. The molecule has 1 aromatic heterocycles. The van der Waals surface area contributed by atoms with E-state index in [2.05, 4.69) is 21.2 Å². The first-order valence-electron chi connectivity index (χ1n) is 13.0. The van der Waals surface area contributed by atoms with Gasteiger partial charge in [0, 0.05) is 37.7 Å². The quantitative estimate of drug-likeness (QED) is 0.165. The monoisotopic (exact) mass is 706 g/mol. The molecule has 0 saturated heterocycles. The van der Waals surface area contributed by atoms with E-state index in [1.54, 1.807) is 23.7 Å². The van der Waals surface area contributed by atoms with E-state index < -0.39 is 6.04 Å². The molecule has 0 aliphatic carbocycles. The fourth-order valence-corrected chi connectivity index (χ4v) is 6.80. The number of allylic oxidation sites excluding steroid dienone is 2. The minimum Gasteiger partial charge on any atom is -0.490 e. The maximum atomic E-state index is 13.0. The van der Waals surface area contributed by atoms with Crippen LogP contribution in [-0.4, -0.2) is 27.2 Å². The van der Waals surface area contributed by atoms with Crippen LogP contribution in [0, 0.1) is 0 Å². The van der Waals surface area contributed by atoms with Gasteiger partial charge in [0.15, 0.2) is 17.3 Å². The van der Waals surface area contributed by atoms with E-state index in [9.17, 15) is 4.79 Å². The molecule has 5 rings (SSSR count). The number of hydrogen-bond acceptors (Lipinski definition) is 7. The predicted molar refractivity (Wildman–Crippen MR) is 172 cm³/mol. The molecule has 2 heterocycles. The highest BCUT2D eigenvalue weighted by molar-refractivity contribution is 9.10. The molecule has 0 amide bonds. The number of Topliss-reactive ketones (excluding diaryl/α,β-unsaturated/α-hetero) is 1. The Bertz CT molecular complexity index is 1690.